The van der Waals surface area contributed by atoms with Crippen molar-refractivity contribution in [3.63, 3.8) is 0 Å². The summed E-state index contributed by atoms with van der Waals surface area (Å²) in [7, 11) is -1.33. The van der Waals surface area contributed by atoms with Crippen molar-refractivity contribution in [2.45, 2.75) is 96.6 Å². The van der Waals surface area contributed by atoms with E-state index in [2.05, 4.69) is 36.5 Å². The number of esters is 1. The Morgan fingerprint density at radius 2 is 1.80 bits per heavy atom. The number of nitrogens with zero attached hydrogens (tertiary/aromatic N) is 3. The molecule has 0 saturated heterocycles. The second-order valence-electron chi connectivity index (χ2n) is 12.8. The fourth-order valence-corrected chi connectivity index (χ4v) is 5.93. The summed E-state index contributed by atoms with van der Waals surface area (Å²) in [6.07, 6.45) is 4.22. The maximum absolute atomic E-state index is 13.5. The summed E-state index contributed by atoms with van der Waals surface area (Å²) >= 11 is 0. The Kier molecular flexibility index (Phi) is 11.6. The van der Waals surface area contributed by atoms with Gasteiger partial charge < -0.3 is 18.8 Å². The highest BCUT2D eigenvalue weighted by Crippen LogP contribution is 2.33. The first kappa shape index (κ1) is 33.7. The van der Waals surface area contributed by atoms with E-state index in [0.29, 0.717) is 25.3 Å². The van der Waals surface area contributed by atoms with Crippen LogP contribution in [0.1, 0.15) is 57.6 Å². The van der Waals surface area contributed by atoms with Gasteiger partial charge >= 0.3 is 12.1 Å². The lowest BCUT2D eigenvalue weighted by atomic mass is 9.85. The molecule has 1 aliphatic carbocycles. The Bertz CT molecular complexity index is 1340. The zero-order valence-corrected chi connectivity index (χ0v) is 27.2. The third-order valence-corrected chi connectivity index (χ3v) is 9.43. The van der Waals surface area contributed by atoms with Crippen molar-refractivity contribution in [2.75, 3.05) is 13.2 Å². The molecule has 0 spiro atoms. The molecule has 1 saturated carbocycles. The van der Waals surface area contributed by atoms with Gasteiger partial charge in [0, 0.05) is 39.1 Å². The van der Waals surface area contributed by atoms with E-state index >= 15 is 0 Å². The van der Waals surface area contributed by atoms with Gasteiger partial charge in [0.25, 0.3) is 0 Å². The molecule has 1 fully saturated rings. The molecule has 2 aromatic heterocycles. The molecule has 2 atom stereocenters. The van der Waals surface area contributed by atoms with Gasteiger partial charge in [-0.25, -0.2) is 4.98 Å². The molecule has 0 aliphatic heterocycles. The number of carbonyl (C=O) groups is 1. The molecule has 0 bridgehead atoms. The molecule has 3 aromatic rings. The van der Waals surface area contributed by atoms with Crippen LogP contribution in [0.2, 0.25) is 25.7 Å². The lowest BCUT2D eigenvalue weighted by Gasteiger charge is -2.29. The van der Waals surface area contributed by atoms with E-state index in [9.17, 15) is 18.0 Å². The summed E-state index contributed by atoms with van der Waals surface area (Å²) in [6.45, 7) is 9.67. The molecule has 0 unspecified atom stereocenters. The van der Waals surface area contributed by atoms with Gasteiger partial charge in [-0.2, -0.15) is 13.2 Å². The first-order valence-corrected chi connectivity index (χ1v) is 19.2. The van der Waals surface area contributed by atoms with E-state index in [1.54, 1.807) is 12.3 Å². The van der Waals surface area contributed by atoms with E-state index < -0.39 is 19.9 Å². The Balaban J connectivity index is 1.37. The quantitative estimate of drug-likeness (QED) is 0.101. The van der Waals surface area contributed by atoms with Gasteiger partial charge in [0.1, 0.15) is 18.2 Å². The van der Waals surface area contributed by atoms with Gasteiger partial charge in [-0.15, -0.1) is 0 Å². The van der Waals surface area contributed by atoms with Crippen LogP contribution in [0, 0.1) is 5.92 Å². The average molecular weight is 632 g/mol. The molecular formula is C33H44F3N3O4Si. The molecule has 1 aliphatic rings. The van der Waals surface area contributed by atoms with Crippen LogP contribution in [0.15, 0.2) is 48.8 Å². The third kappa shape index (κ3) is 10.2. The molecule has 44 heavy (non-hydrogen) atoms. The number of benzene rings is 1. The number of pyridine rings is 1. The van der Waals surface area contributed by atoms with E-state index in [0.717, 1.165) is 67.6 Å². The first-order chi connectivity index (χ1) is 20.9. The smallest absolute Gasteiger partial charge is 0.434 e. The van der Waals surface area contributed by atoms with Crippen LogP contribution in [-0.2, 0) is 27.2 Å². The molecule has 0 N–H and O–H groups in total. The molecule has 2 heterocycles. The van der Waals surface area contributed by atoms with Crippen molar-refractivity contribution < 1.29 is 32.2 Å². The molecular weight excluding hydrogens is 587 g/mol. The van der Waals surface area contributed by atoms with E-state index in [4.69, 9.17) is 14.2 Å². The van der Waals surface area contributed by atoms with Crippen molar-refractivity contribution in [3.8, 4) is 28.4 Å². The van der Waals surface area contributed by atoms with E-state index in [1.807, 2.05) is 30.3 Å². The number of halogens is 3. The summed E-state index contributed by atoms with van der Waals surface area (Å²) < 4.78 is 59.1. The second kappa shape index (κ2) is 15.2. The van der Waals surface area contributed by atoms with E-state index in [1.165, 1.54) is 4.57 Å². The van der Waals surface area contributed by atoms with Crippen molar-refractivity contribution in [1.82, 2.24) is 14.5 Å². The van der Waals surface area contributed by atoms with Crippen molar-refractivity contribution >= 4 is 14.0 Å². The number of hydrogen-bond donors (Lipinski definition) is 0. The highest BCUT2D eigenvalue weighted by atomic mass is 28.3. The number of carbonyl (C=O) groups excluding carboxylic acids is 1. The van der Waals surface area contributed by atoms with Crippen LogP contribution < -0.4 is 4.74 Å². The van der Waals surface area contributed by atoms with Gasteiger partial charge in [-0.3, -0.25) is 9.78 Å². The predicted molar refractivity (Wildman–Crippen MR) is 167 cm³/mol. The standard InChI is InChI=1S/C33H44F3N3O4Si/c1-5-6-16-42-31(40)20-24-8-7-9-28(19-24)43-27-13-10-25(11-14-27)26-12-15-29(37-21-26)32-38-30(33(34,35)36)22-39(32)23-41-17-18-44(2,3)4/h10-15,21-22,24,28H,5-9,16-20,23H2,1-4H3/t24-,28+/m0/s1. The molecule has 0 amide bonds. The molecule has 4 rings (SSSR count). The minimum atomic E-state index is -4.57. The van der Waals surface area contributed by atoms with E-state index in [-0.39, 0.29) is 30.5 Å². The number of hydrogen-bond acceptors (Lipinski definition) is 6. The highest BCUT2D eigenvalue weighted by Gasteiger charge is 2.35. The summed E-state index contributed by atoms with van der Waals surface area (Å²) in [5.74, 6) is 1.01. The normalized spacial score (nSPS) is 17.4. The third-order valence-electron chi connectivity index (χ3n) is 7.73. The second-order valence-corrected chi connectivity index (χ2v) is 18.4. The Hall–Kier alpha value is -3.18. The van der Waals surface area contributed by atoms with Crippen molar-refractivity contribution in [1.29, 1.82) is 0 Å². The van der Waals surface area contributed by atoms with Crippen LogP contribution in [0.25, 0.3) is 22.6 Å². The number of unbranched alkanes of at least 4 members (excludes halogenated alkanes) is 1. The van der Waals surface area contributed by atoms with Crippen molar-refractivity contribution in [3.05, 3.63) is 54.5 Å². The number of imidazole rings is 1. The summed E-state index contributed by atoms with van der Waals surface area (Å²) in [5.41, 5.74) is 1.08. The minimum absolute atomic E-state index is 0.0292. The van der Waals surface area contributed by atoms with Gasteiger partial charge in [0.15, 0.2) is 11.5 Å². The molecule has 240 valence electrons. The lowest BCUT2D eigenvalue weighted by molar-refractivity contribution is -0.145. The average Bonchev–Trinajstić information content (AvgIpc) is 3.41. The largest absolute Gasteiger partial charge is 0.490 e. The van der Waals surface area contributed by atoms with Gasteiger partial charge in [0.2, 0.25) is 0 Å². The maximum Gasteiger partial charge on any atom is 0.434 e. The van der Waals surface area contributed by atoms with Gasteiger partial charge in [-0.1, -0.05) is 51.2 Å². The number of alkyl halides is 3. The number of ether oxygens (including phenoxy) is 3. The first-order valence-electron chi connectivity index (χ1n) is 15.5. The molecule has 7 nitrogen and oxygen atoms in total. The summed E-state index contributed by atoms with van der Waals surface area (Å²) in [6, 6.07) is 12.1. The van der Waals surface area contributed by atoms with Gasteiger partial charge in [-0.05, 0) is 67.8 Å². The zero-order chi connectivity index (χ0) is 31.7. The highest BCUT2D eigenvalue weighted by molar-refractivity contribution is 6.76. The van der Waals surface area contributed by atoms with Crippen LogP contribution >= 0.6 is 0 Å². The summed E-state index contributed by atoms with van der Waals surface area (Å²) in [4.78, 5) is 20.4. The Labute approximate surface area is 259 Å². The Morgan fingerprint density at radius 1 is 1.05 bits per heavy atom. The Morgan fingerprint density at radius 3 is 2.45 bits per heavy atom. The fraction of sp³-hybridized carbons (Fsp3) is 0.545. The monoisotopic (exact) mass is 631 g/mol. The van der Waals surface area contributed by atoms with Crippen LogP contribution in [-0.4, -0.2) is 47.9 Å². The van der Waals surface area contributed by atoms with Crippen LogP contribution in [0.5, 0.6) is 5.75 Å². The lowest BCUT2D eigenvalue weighted by Crippen LogP contribution is -2.27. The molecule has 1 aromatic carbocycles. The van der Waals surface area contributed by atoms with Crippen LogP contribution in [0.3, 0.4) is 0 Å². The topological polar surface area (TPSA) is 75.5 Å². The molecule has 11 heteroatoms. The molecule has 0 radical (unpaired) electrons. The SMILES string of the molecule is CCCCOC(=O)C[C@H]1CCC[C@@H](Oc2ccc(-c3ccc(-c4nc(C(F)(F)F)cn4COCC[Si](C)(C)C)nc3)cc2)C1. The summed E-state index contributed by atoms with van der Waals surface area (Å²) in [5, 5.41) is 0. The maximum atomic E-state index is 13.5. The van der Waals surface area contributed by atoms with Crippen LogP contribution in [0.4, 0.5) is 13.2 Å². The van der Waals surface area contributed by atoms with Gasteiger partial charge in [0.05, 0.1) is 12.7 Å². The zero-order valence-electron chi connectivity index (χ0n) is 26.2. The van der Waals surface area contributed by atoms with Crippen molar-refractivity contribution in [2.24, 2.45) is 5.92 Å². The minimum Gasteiger partial charge on any atom is -0.490 e. The number of rotatable bonds is 14. The predicted octanol–water partition coefficient (Wildman–Crippen LogP) is 8.61. The number of aromatic nitrogens is 3. The fourth-order valence-electron chi connectivity index (χ4n) is 5.17.